The summed E-state index contributed by atoms with van der Waals surface area (Å²) in [4.78, 5) is 5.60. The van der Waals surface area contributed by atoms with Gasteiger partial charge in [-0.2, -0.15) is 0 Å². The van der Waals surface area contributed by atoms with E-state index in [2.05, 4.69) is 5.16 Å². The molecule has 0 radical (unpaired) electrons. The Morgan fingerprint density at radius 3 is 2.39 bits per heavy atom. The van der Waals surface area contributed by atoms with Crippen molar-refractivity contribution in [1.29, 1.82) is 0 Å². The van der Waals surface area contributed by atoms with Crippen LogP contribution in [0.25, 0.3) is 0 Å². The summed E-state index contributed by atoms with van der Waals surface area (Å²) < 4.78 is 17.5. The molecule has 9 heteroatoms. The number of ether oxygens (including phenoxy) is 3. The molecule has 0 bridgehead atoms. The summed E-state index contributed by atoms with van der Waals surface area (Å²) in [6, 6.07) is 3.30. The van der Waals surface area contributed by atoms with E-state index in [9.17, 15) is 0 Å². The first-order chi connectivity index (χ1) is 15.7. The third-order valence-corrected chi connectivity index (χ3v) is 5.64. The summed E-state index contributed by atoms with van der Waals surface area (Å²) >= 11 is 23.7. The summed E-state index contributed by atoms with van der Waals surface area (Å²) in [5, 5.41) is 5.15. The Bertz CT molecular complexity index is 781. The van der Waals surface area contributed by atoms with E-state index in [4.69, 9.17) is 65.5 Å². The summed E-state index contributed by atoms with van der Waals surface area (Å²) in [6.07, 6.45) is 8.62. The zero-order chi connectivity index (χ0) is 24.3. The predicted molar refractivity (Wildman–Crippen MR) is 138 cm³/mol. The molecule has 186 valence electrons. The first kappa shape index (κ1) is 28.4. The first-order valence-corrected chi connectivity index (χ1v) is 12.8. The fourth-order valence-electron chi connectivity index (χ4n) is 3.18. The van der Waals surface area contributed by atoms with Crippen LogP contribution in [0, 0.1) is 0 Å². The molecule has 1 aliphatic carbocycles. The Hall–Kier alpha value is -0.850. The van der Waals surface area contributed by atoms with Gasteiger partial charge in [0.05, 0.1) is 28.5 Å². The molecule has 1 aromatic carbocycles. The summed E-state index contributed by atoms with van der Waals surface area (Å²) in [5.41, 5.74) is 0.738. The summed E-state index contributed by atoms with van der Waals surface area (Å²) in [5.74, 6) is 0.966. The molecule has 5 nitrogen and oxygen atoms in total. The molecule has 1 aliphatic rings. The van der Waals surface area contributed by atoms with Crippen molar-refractivity contribution in [2.45, 2.75) is 77.4 Å². The fourth-order valence-corrected chi connectivity index (χ4v) is 3.88. The zero-order valence-corrected chi connectivity index (χ0v) is 22.5. The van der Waals surface area contributed by atoms with E-state index < -0.39 is 0 Å². The molecule has 1 saturated carbocycles. The molecule has 2 rings (SSSR count). The topological polar surface area (TPSA) is 49.3 Å². The van der Waals surface area contributed by atoms with Gasteiger partial charge in [0.2, 0.25) is 0 Å². The fraction of sp³-hybridized carbons (Fsp3) is 0.625. The maximum Gasteiger partial charge on any atom is 0.156 e. The number of oxime groups is 1. The molecule has 1 aromatic rings. The first-order valence-electron chi connectivity index (χ1n) is 11.3. The molecule has 0 amide bonds. The maximum absolute atomic E-state index is 6.29. The van der Waals surface area contributed by atoms with Crippen LogP contribution in [0.1, 0.15) is 65.7 Å². The van der Waals surface area contributed by atoms with E-state index >= 15 is 0 Å². The Labute approximate surface area is 217 Å². The van der Waals surface area contributed by atoms with Crippen LogP contribution in [0.2, 0.25) is 10.0 Å². The highest BCUT2D eigenvalue weighted by molar-refractivity contribution is 6.55. The van der Waals surface area contributed by atoms with Gasteiger partial charge in [-0.25, -0.2) is 0 Å². The van der Waals surface area contributed by atoms with Crippen molar-refractivity contribution in [2.75, 3.05) is 19.8 Å². The Morgan fingerprint density at radius 2 is 1.73 bits per heavy atom. The SMILES string of the molecule is CC(C)(C)ON=C1CCCCC1OCCCCCOc1c(Cl)cc(OCC=C(Cl)Cl)cc1Cl. The molecule has 1 atom stereocenters. The highest BCUT2D eigenvalue weighted by Crippen LogP contribution is 2.37. The van der Waals surface area contributed by atoms with E-state index in [1.165, 1.54) is 6.08 Å². The van der Waals surface area contributed by atoms with Crippen LogP contribution in [0.15, 0.2) is 27.9 Å². The number of hydrogen-bond acceptors (Lipinski definition) is 5. The number of unbranched alkanes of at least 4 members (excludes halogenated alkanes) is 2. The summed E-state index contributed by atoms with van der Waals surface area (Å²) in [7, 11) is 0. The van der Waals surface area contributed by atoms with Gasteiger partial charge in [-0.3, -0.25) is 0 Å². The highest BCUT2D eigenvalue weighted by atomic mass is 35.5. The summed E-state index contributed by atoms with van der Waals surface area (Å²) in [6.45, 7) is 7.41. The molecule has 0 aliphatic heterocycles. The van der Waals surface area contributed by atoms with Crippen LogP contribution >= 0.6 is 46.4 Å². The molecule has 0 heterocycles. The monoisotopic (exact) mass is 539 g/mol. The van der Waals surface area contributed by atoms with Gasteiger partial charge in [-0.15, -0.1) is 0 Å². The number of rotatable bonds is 12. The predicted octanol–water partition coefficient (Wildman–Crippen LogP) is 8.37. The Kier molecular flexibility index (Phi) is 12.5. The Balaban J connectivity index is 1.68. The lowest BCUT2D eigenvalue weighted by Gasteiger charge is -2.25. The third-order valence-electron chi connectivity index (χ3n) is 4.77. The van der Waals surface area contributed by atoms with Gasteiger partial charge in [-0.1, -0.05) is 58.0 Å². The lowest BCUT2D eigenvalue weighted by atomic mass is 9.95. The van der Waals surface area contributed by atoms with Gasteiger partial charge < -0.3 is 19.0 Å². The molecule has 0 spiro atoms. The van der Waals surface area contributed by atoms with Crippen molar-refractivity contribution in [1.82, 2.24) is 0 Å². The van der Waals surface area contributed by atoms with Crippen molar-refractivity contribution in [3.63, 3.8) is 0 Å². The van der Waals surface area contributed by atoms with E-state index in [0.29, 0.717) is 34.8 Å². The normalized spacial score (nSPS) is 17.7. The minimum absolute atomic E-state index is 0.0617. The van der Waals surface area contributed by atoms with Crippen LogP contribution in [0.3, 0.4) is 0 Å². The average molecular weight is 541 g/mol. The largest absolute Gasteiger partial charge is 0.490 e. The van der Waals surface area contributed by atoms with Crippen molar-refractivity contribution in [3.8, 4) is 11.5 Å². The van der Waals surface area contributed by atoms with Gasteiger partial charge >= 0.3 is 0 Å². The minimum Gasteiger partial charge on any atom is -0.490 e. The minimum atomic E-state index is -0.288. The molecule has 0 aromatic heterocycles. The standard InChI is InChI=1S/C24H33Cl4NO4/c1-24(2,3)33-29-20-9-5-6-10-21(20)31-12-7-4-8-13-32-23-18(25)15-17(16-19(23)26)30-14-11-22(27)28/h11,15-16,21H,4-10,12-14H2,1-3H3. The third kappa shape index (κ3) is 11.4. The second-order valence-electron chi connectivity index (χ2n) is 8.82. The van der Waals surface area contributed by atoms with Crippen LogP contribution in [-0.4, -0.2) is 37.2 Å². The lowest BCUT2D eigenvalue weighted by Crippen LogP contribution is -2.30. The smallest absolute Gasteiger partial charge is 0.156 e. The second kappa shape index (κ2) is 14.5. The van der Waals surface area contributed by atoms with Crippen molar-refractivity contribution in [3.05, 3.63) is 32.7 Å². The molecular weight excluding hydrogens is 508 g/mol. The number of hydrogen-bond donors (Lipinski definition) is 0. The van der Waals surface area contributed by atoms with Crippen molar-refractivity contribution in [2.24, 2.45) is 5.16 Å². The van der Waals surface area contributed by atoms with Crippen LogP contribution < -0.4 is 9.47 Å². The van der Waals surface area contributed by atoms with E-state index in [-0.39, 0.29) is 22.8 Å². The van der Waals surface area contributed by atoms with Gasteiger partial charge in [0, 0.05) is 18.7 Å². The number of benzene rings is 1. The van der Waals surface area contributed by atoms with Crippen LogP contribution in [0.5, 0.6) is 11.5 Å². The zero-order valence-electron chi connectivity index (χ0n) is 19.5. The van der Waals surface area contributed by atoms with Crippen molar-refractivity contribution < 1.29 is 19.0 Å². The van der Waals surface area contributed by atoms with Gasteiger partial charge in [0.15, 0.2) is 5.75 Å². The quantitative estimate of drug-likeness (QED) is 0.197. The maximum atomic E-state index is 6.29. The lowest BCUT2D eigenvalue weighted by molar-refractivity contribution is -0.00451. The van der Waals surface area contributed by atoms with Crippen LogP contribution in [0.4, 0.5) is 0 Å². The molecule has 1 fully saturated rings. The second-order valence-corrected chi connectivity index (χ2v) is 10.6. The van der Waals surface area contributed by atoms with E-state index in [1.54, 1.807) is 12.1 Å². The van der Waals surface area contributed by atoms with Gasteiger partial charge in [-0.05, 0) is 65.4 Å². The number of nitrogens with zero attached hydrogens (tertiary/aromatic N) is 1. The van der Waals surface area contributed by atoms with Gasteiger partial charge in [0.1, 0.15) is 22.4 Å². The van der Waals surface area contributed by atoms with E-state index in [1.807, 2.05) is 20.8 Å². The molecule has 33 heavy (non-hydrogen) atoms. The number of halogens is 4. The molecule has 0 N–H and O–H groups in total. The van der Waals surface area contributed by atoms with Crippen LogP contribution in [-0.2, 0) is 9.57 Å². The average Bonchev–Trinajstić information content (AvgIpc) is 2.73. The van der Waals surface area contributed by atoms with E-state index in [0.717, 1.165) is 50.7 Å². The van der Waals surface area contributed by atoms with Crippen molar-refractivity contribution >= 4 is 52.1 Å². The molecule has 0 saturated heterocycles. The molecule has 1 unspecified atom stereocenters. The molecular formula is C24H33Cl4NO4. The highest BCUT2D eigenvalue weighted by Gasteiger charge is 2.23. The Morgan fingerprint density at radius 1 is 1.03 bits per heavy atom. The van der Waals surface area contributed by atoms with Gasteiger partial charge in [0.25, 0.3) is 0 Å².